The van der Waals surface area contributed by atoms with Crippen LogP contribution in [0.5, 0.6) is 0 Å². The fourth-order valence-electron chi connectivity index (χ4n) is 4.17. The average molecular weight is 250 g/mol. The van der Waals surface area contributed by atoms with E-state index < -0.39 is 0 Å². The van der Waals surface area contributed by atoms with Crippen LogP contribution in [0.1, 0.15) is 71.6 Å². The Labute approximate surface area is 111 Å². The van der Waals surface area contributed by atoms with Gasteiger partial charge in [-0.05, 0) is 45.4 Å². The highest BCUT2D eigenvalue weighted by atomic mass is 16.6. The molecule has 0 saturated heterocycles. The van der Waals surface area contributed by atoms with E-state index in [0.717, 1.165) is 12.8 Å². The van der Waals surface area contributed by atoms with E-state index in [0.29, 0.717) is 5.57 Å². The van der Waals surface area contributed by atoms with Gasteiger partial charge < -0.3 is 4.74 Å². The molecule has 1 unspecified atom stereocenters. The summed E-state index contributed by atoms with van der Waals surface area (Å²) in [6.45, 7) is 7.65. The summed E-state index contributed by atoms with van der Waals surface area (Å²) in [7, 11) is 0. The highest BCUT2D eigenvalue weighted by Gasteiger charge is 2.55. The van der Waals surface area contributed by atoms with Gasteiger partial charge in [-0.3, -0.25) is 0 Å². The molecule has 2 nitrogen and oxygen atoms in total. The zero-order chi connectivity index (χ0) is 13.2. The molecule has 1 atom stereocenters. The molecule has 2 aliphatic carbocycles. The Bertz CT molecular complexity index is 339. The standard InChI is InChI=1S/C16H26O2/c1-4-16(18-14(17)13(2)3)12-8-7-11-15(16)9-5-6-10-15/h2,4-12H2,1,3H3. The number of esters is 1. The molecule has 102 valence electrons. The number of carbonyl (C=O) groups is 1. The topological polar surface area (TPSA) is 26.3 Å². The third-order valence-electron chi connectivity index (χ3n) is 5.22. The number of rotatable bonds is 3. The van der Waals surface area contributed by atoms with Gasteiger partial charge in [0.2, 0.25) is 0 Å². The van der Waals surface area contributed by atoms with Crippen LogP contribution in [0.3, 0.4) is 0 Å². The van der Waals surface area contributed by atoms with E-state index in [2.05, 4.69) is 13.5 Å². The Morgan fingerprint density at radius 1 is 1.11 bits per heavy atom. The number of hydrogen-bond donors (Lipinski definition) is 0. The molecule has 2 aliphatic rings. The Morgan fingerprint density at radius 2 is 1.61 bits per heavy atom. The fraction of sp³-hybridized carbons (Fsp3) is 0.812. The molecule has 0 heterocycles. The Morgan fingerprint density at radius 3 is 2.06 bits per heavy atom. The summed E-state index contributed by atoms with van der Waals surface area (Å²) < 4.78 is 5.99. The summed E-state index contributed by atoms with van der Waals surface area (Å²) in [5, 5.41) is 0. The van der Waals surface area contributed by atoms with Gasteiger partial charge >= 0.3 is 5.97 Å². The first-order valence-corrected chi connectivity index (χ1v) is 7.44. The summed E-state index contributed by atoms with van der Waals surface area (Å²) in [5.41, 5.74) is 0.588. The normalized spacial score (nSPS) is 30.3. The second-order valence-corrected chi connectivity index (χ2v) is 6.21. The monoisotopic (exact) mass is 250 g/mol. The van der Waals surface area contributed by atoms with Crippen LogP contribution in [0.2, 0.25) is 0 Å². The molecule has 0 N–H and O–H groups in total. The van der Waals surface area contributed by atoms with Crippen molar-refractivity contribution >= 4 is 5.97 Å². The molecule has 0 amide bonds. The van der Waals surface area contributed by atoms with Crippen molar-refractivity contribution in [3.63, 3.8) is 0 Å². The van der Waals surface area contributed by atoms with E-state index in [1.165, 1.54) is 44.9 Å². The maximum absolute atomic E-state index is 12.0. The Balaban J connectivity index is 2.26. The second kappa shape index (κ2) is 5.07. The SMILES string of the molecule is C=C(C)C(=O)OC1(CC)CCCCC12CCCC2. The molecule has 0 aliphatic heterocycles. The lowest BCUT2D eigenvalue weighted by Gasteiger charge is -2.51. The number of carbonyl (C=O) groups excluding carboxylic acids is 1. The van der Waals surface area contributed by atoms with Crippen LogP contribution in [-0.4, -0.2) is 11.6 Å². The highest BCUT2D eigenvalue weighted by Crippen LogP contribution is 2.57. The van der Waals surface area contributed by atoms with Gasteiger partial charge in [-0.15, -0.1) is 0 Å². The van der Waals surface area contributed by atoms with Gasteiger partial charge in [-0.2, -0.15) is 0 Å². The zero-order valence-corrected chi connectivity index (χ0v) is 11.9. The van der Waals surface area contributed by atoms with Gasteiger partial charge in [-0.25, -0.2) is 4.79 Å². The molecular formula is C16H26O2. The van der Waals surface area contributed by atoms with Crippen molar-refractivity contribution in [3.8, 4) is 0 Å². The third-order valence-corrected chi connectivity index (χ3v) is 5.22. The molecule has 1 spiro atoms. The summed E-state index contributed by atoms with van der Waals surface area (Å²) >= 11 is 0. The summed E-state index contributed by atoms with van der Waals surface area (Å²) in [6.07, 6.45) is 10.8. The largest absolute Gasteiger partial charge is 0.455 e. The first kappa shape index (κ1) is 13.6. The predicted molar refractivity (Wildman–Crippen MR) is 73.3 cm³/mol. The molecule has 0 aromatic rings. The second-order valence-electron chi connectivity index (χ2n) is 6.21. The summed E-state index contributed by atoms with van der Waals surface area (Å²) in [6, 6.07) is 0. The minimum absolute atomic E-state index is 0.190. The van der Waals surface area contributed by atoms with Crippen molar-refractivity contribution in [2.45, 2.75) is 77.2 Å². The molecule has 2 fully saturated rings. The van der Waals surface area contributed by atoms with Crippen molar-refractivity contribution in [3.05, 3.63) is 12.2 Å². The first-order chi connectivity index (χ1) is 8.55. The van der Waals surface area contributed by atoms with Crippen molar-refractivity contribution in [2.75, 3.05) is 0 Å². The summed E-state index contributed by atoms with van der Waals surface area (Å²) in [4.78, 5) is 12.0. The molecule has 0 aromatic carbocycles. The third kappa shape index (κ3) is 2.10. The Kier molecular flexibility index (Phi) is 3.84. The number of hydrogen-bond acceptors (Lipinski definition) is 2. The minimum Gasteiger partial charge on any atom is -0.455 e. The highest BCUT2D eigenvalue weighted by molar-refractivity contribution is 5.87. The van der Waals surface area contributed by atoms with Gasteiger partial charge in [0.15, 0.2) is 0 Å². The fourth-order valence-corrected chi connectivity index (χ4v) is 4.17. The predicted octanol–water partition coefficient (Wildman–Crippen LogP) is 4.39. The van der Waals surface area contributed by atoms with Crippen LogP contribution < -0.4 is 0 Å². The maximum atomic E-state index is 12.0. The van der Waals surface area contributed by atoms with Crippen LogP contribution in [0.15, 0.2) is 12.2 Å². The van der Waals surface area contributed by atoms with Crippen LogP contribution in [0.4, 0.5) is 0 Å². The molecule has 0 bridgehead atoms. The maximum Gasteiger partial charge on any atom is 0.333 e. The molecule has 2 rings (SSSR count). The molecule has 0 aromatic heterocycles. The van der Waals surface area contributed by atoms with Crippen molar-refractivity contribution in [2.24, 2.45) is 5.41 Å². The molecular weight excluding hydrogens is 224 g/mol. The van der Waals surface area contributed by atoms with Crippen LogP contribution in [-0.2, 0) is 9.53 Å². The quantitative estimate of drug-likeness (QED) is 0.548. The molecule has 2 saturated carbocycles. The van der Waals surface area contributed by atoms with Gasteiger partial charge in [-0.1, -0.05) is 32.8 Å². The molecule has 0 radical (unpaired) electrons. The van der Waals surface area contributed by atoms with Crippen molar-refractivity contribution < 1.29 is 9.53 Å². The lowest BCUT2D eigenvalue weighted by Crippen LogP contribution is -2.52. The van der Waals surface area contributed by atoms with Crippen molar-refractivity contribution in [1.29, 1.82) is 0 Å². The Hall–Kier alpha value is -0.790. The van der Waals surface area contributed by atoms with Gasteiger partial charge in [0.05, 0.1) is 0 Å². The van der Waals surface area contributed by atoms with Gasteiger partial charge in [0, 0.05) is 11.0 Å². The van der Waals surface area contributed by atoms with Crippen LogP contribution in [0, 0.1) is 5.41 Å². The smallest absolute Gasteiger partial charge is 0.333 e. The zero-order valence-electron chi connectivity index (χ0n) is 11.9. The van der Waals surface area contributed by atoms with E-state index in [1.54, 1.807) is 6.92 Å². The van der Waals surface area contributed by atoms with E-state index in [9.17, 15) is 4.79 Å². The van der Waals surface area contributed by atoms with Gasteiger partial charge in [0.25, 0.3) is 0 Å². The van der Waals surface area contributed by atoms with Gasteiger partial charge in [0.1, 0.15) is 5.60 Å². The lowest BCUT2D eigenvalue weighted by atomic mass is 9.60. The first-order valence-electron chi connectivity index (χ1n) is 7.44. The summed E-state index contributed by atoms with van der Waals surface area (Å²) in [5.74, 6) is -0.190. The minimum atomic E-state index is -0.211. The van der Waals surface area contributed by atoms with Crippen LogP contribution >= 0.6 is 0 Å². The van der Waals surface area contributed by atoms with E-state index in [4.69, 9.17) is 4.74 Å². The lowest BCUT2D eigenvalue weighted by molar-refractivity contribution is -0.182. The number of ether oxygens (including phenoxy) is 1. The average Bonchev–Trinajstić information content (AvgIpc) is 2.82. The van der Waals surface area contributed by atoms with E-state index in [1.807, 2.05) is 0 Å². The molecule has 2 heteroatoms. The van der Waals surface area contributed by atoms with E-state index in [-0.39, 0.29) is 17.0 Å². The van der Waals surface area contributed by atoms with Crippen molar-refractivity contribution in [1.82, 2.24) is 0 Å². The molecule has 18 heavy (non-hydrogen) atoms. The van der Waals surface area contributed by atoms with E-state index >= 15 is 0 Å². The van der Waals surface area contributed by atoms with Crippen LogP contribution in [0.25, 0.3) is 0 Å².